The van der Waals surface area contributed by atoms with E-state index in [1.165, 1.54) is 33.4 Å². The van der Waals surface area contributed by atoms with Crippen molar-refractivity contribution in [2.75, 3.05) is 11.1 Å². The van der Waals surface area contributed by atoms with E-state index < -0.39 is 17.5 Å². The minimum atomic E-state index is -0.700. The lowest BCUT2D eigenvalue weighted by Gasteiger charge is -2.15. The van der Waals surface area contributed by atoms with Crippen LogP contribution >= 0.6 is 22.7 Å². The van der Waals surface area contributed by atoms with E-state index in [2.05, 4.69) is 30.8 Å². The van der Waals surface area contributed by atoms with E-state index in [0.717, 1.165) is 45.7 Å². The summed E-state index contributed by atoms with van der Waals surface area (Å²) in [5, 5.41) is 15.8. The number of anilines is 2. The molecule has 4 aromatic rings. The Morgan fingerprint density at radius 1 is 1.08 bits per heavy atom. The van der Waals surface area contributed by atoms with Crippen LogP contribution in [0.1, 0.15) is 69.6 Å². The summed E-state index contributed by atoms with van der Waals surface area (Å²) in [5.74, 6) is 0.549. The molecule has 0 unspecified atom stereocenters. The minimum Gasteiger partial charge on any atom is -0.384 e. The van der Waals surface area contributed by atoms with E-state index in [1.54, 1.807) is 12.3 Å². The number of fused-ring (bicyclic) bond motifs is 2. The molecule has 1 aliphatic carbocycles. The third-order valence-electron chi connectivity index (χ3n) is 6.82. The normalized spacial score (nSPS) is 17.2. The van der Waals surface area contributed by atoms with E-state index in [1.807, 2.05) is 6.07 Å². The quantitative estimate of drug-likeness (QED) is 0.339. The highest BCUT2D eigenvalue weighted by atomic mass is 32.1. The van der Waals surface area contributed by atoms with Gasteiger partial charge in [0.25, 0.3) is 11.5 Å². The van der Waals surface area contributed by atoms with Crippen LogP contribution in [0.25, 0.3) is 10.1 Å². The van der Waals surface area contributed by atoms with Crippen molar-refractivity contribution in [2.45, 2.75) is 57.0 Å². The minimum absolute atomic E-state index is 0.0145. The Balaban J connectivity index is 1.15. The van der Waals surface area contributed by atoms with E-state index >= 15 is 0 Å². The molecule has 1 aliphatic heterocycles. The Labute approximate surface area is 219 Å². The first kappa shape index (κ1) is 23.7. The summed E-state index contributed by atoms with van der Waals surface area (Å²) in [6.45, 7) is 0.322. The molecule has 4 aromatic heterocycles. The molecule has 0 radical (unpaired) electrons. The van der Waals surface area contributed by atoms with Gasteiger partial charge in [-0.1, -0.05) is 24.2 Å². The zero-order valence-electron chi connectivity index (χ0n) is 19.8. The molecule has 190 valence electrons. The van der Waals surface area contributed by atoms with Crippen molar-refractivity contribution in [1.82, 2.24) is 30.0 Å². The van der Waals surface area contributed by atoms with Gasteiger partial charge in [-0.05, 0) is 31.4 Å². The number of amides is 2. The molecule has 0 bridgehead atoms. The van der Waals surface area contributed by atoms with E-state index in [0.29, 0.717) is 36.9 Å². The van der Waals surface area contributed by atoms with Gasteiger partial charge >= 0.3 is 0 Å². The van der Waals surface area contributed by atoms with Crippen LogP contribution in [0.3, 0.4) is 0 Å². The van der Waals surface area contributed by atoms with Crippen molar-refractivity contribution >= 4 is 56.1 Å². The number of aromatic nitrogens is 5. The Morgan fingerprint density at radius 3 is 2.76 bits per heavy atom. The molecule has 0 aromatic carbocycles. The Morgan fingerprint density at radius 2 is 1.92 bits per heavy atom. The molecular formula is C24H24N8O3S2. The molecule has 11 nitrogen and oxygen atoms in total. The van der Waals surface area contributed by atoms with Crippen molar-refractivity contribution in [2.24, 2.45) is 0 Å². The lowest BCUT2D eigenvalue weighted by molar-refractivity contribution is -0.124. The lowest BCUT2D eigenvalue weighted by atomic mass is 10.1. The van der Waals surface area contributed by atoms with Crippen LogP contribution in [0.2, 0.25) is 0 Å². The van der Waals surface area contributed by atoms with Crippen molar-refractivity contribution in [1.29, 1.82) is 0 Å². The van der Waals surface area contributed by atoms with Gasteiger partial charge in [-0.25, -0.2) is 9.97 Å². The van der Waals surface area contributed by atoms with Crippen LogP contribution in [0, 0.1) is 0 Å². The maximum absolute atomic E-state index is 13.3. The topological polar surface area (TPSA) is 158 Å². The van der Waals surface area contributed by atoms with Crippen LogP contribution in [-0.2, 0) is 17.8 Å². The number of thiophene rings is 1. The Bertz CT molecular complexity index is 1570. The molecule has 4 N–H and O–H groups in total. The van der Waals surface area contributed by atoms with Gasteiger partial charge in [0, 0.05) is 33.5 Å². The molecule has 1 saturated carbocycles. The number of nitrogens with one attached hydrogen (secondary N) is 2. The first-order valence-corrected chi connectivity index (χ1v) is 13.8. The van der Waals surface area contributed by atoms with Crippen LogP contribution in [0.4, 0.5) is 11.5 Å². The number of carbonyl (C=O) groups excluding carboxylic acids is 2. The number of nitrogen functional groups attached to an aromatic ring is 1. The number of nitrogens with zero attached hydrogens (tertiary/aromatic N) is 5. The fraction of sp³-hybridized carbons (Fsp3) is 0.375. The van der Waals surface area contributed by atoms with Gasteiger partial charge in [0.15, 0.2) is 0 Å². The Hall–Kier alpha value is -3.71. The number of hydrogen-bond acceptors (Lipinski definition) is 10. The third kappa shape index (κ3) is 4.60. The van der Waals surface area contributed by atoms with Gasteiger partial charge in [-0.15, -0.1) is 21.5 Å². The molecule has 37 heavy (non-hydrogen) atoms. The summed E-state index contributed by atoms with van der Waals surface area (Å²) in [7, 11) is 0. The molecule has 2 amide bonds. The SMILES string of the molecule is Nc1cc2sc(CNC(=O)[C@@H]3CCc4ncc(NC(=O)c5nnc(C6CCCC6)s5)c(=O)n43)cc2cn1. The smallest absolute Gasteiger partial charge is 0.286 e. The van der Waals surface area contributed by atoms with Crippen molar-refractivity contribution in [3.05, 3.63) is 55.6 Å². The number of pyridine rings is 1. The highest BCUT2D eigenvalue weighted by Crippen LogP contribution is 2.35. The second kappa shape index (κ2) is 9.63. The number of aryl methyl sites for hydroxylation is 1. The molecule has 6 rings (SSSR count). The second-order valence-corrected chi connectivity index (χ2v) is 11.5. The van der Waals surface area contributed by atoms with Gasteiger partial charge in [0.05, 0.1) is 12.7 Å². The summed E-state index contributed by atoms with van der Waals surface area (Å²) in [6, 6.07) is 3.06. The zero-order chi connectivity index (χ0) is 25.5. The summed E-state index contributed by atoms with van der Waals surface area (Å²) >= 11 is 2.79. The van der Waals surface area contributed by atoms with Crippen LogP contribution in [-0.4, -0.2) is 36.5 Å². The second-order valence-electron chi connectivity index (χ2n) is 9.28. The molecule has 1 fully saturated rings. The first-order chi connectivity index (χ1) is 18.0. The van der Waals surface area contributed by atoms with E-state index in [4.69, 9.17) is 5.73 Å². The van der Waals surface area contributed by atoms with Crippen molar-refractivity contribution < 1.29 is 9.59 Å². The number of carbonyl (C=O) groups is 2. The zero-order valence-corrected chi connectivity index (χ0v) is 21.4. The van der Waals surface area contributed by atoms with E-state index in [-0.39, 0.29) is 16.6 Å². The highest BCUT2D eigenvalue weighted by Gasteiger charge is 2.31. The molecule has 0 spiro atoms. The van der Waals surface area contributed by atoms with Gasteiger partial charge < -0.3 is 16.4 Å². The predicted molar refractivity (Wildman–Crippen MR) is 141 cm³/mol. The lowest BCUT2D eigenvalue weighted by Crippen LogP contribution is -2.36. The largest absolute Gasteiger partial charge is 0.384 e. The molecule has 1 atom stereocenters. The standard InChI is InChI=1S/C24H24N8O3S2/c25-18-8-17-13(9-26-18)7-14(36-17)10-28-20(33)16-5-6-19-27-11-15(24(35)32(16)19)29-21(34)23-31-30-22(37-23)12-3-1-2-4-12/h7-9,11-12,16H,1-6,10H2,(H2,25,26)(H,28,33)(H,29,34)/t16-/m0/s1. The van der Waals surface area contributed by atoms with Crippen LogP contribution < -0.4 is 21.9 Å². The average Bonchev–Trinajstić information content (AvgIpc) is 3.69. The average molecular weight is 537 g/mol. The maximum Gasteiger partial charge on any atom is 0.286 e. The van der Waals surface area contributed by atoms with Gasteiger partial charge in [0.2, 0.25) is 10.9 Å². The third-order valence-corrected chi connectivity index (χ3v) is 9.01. The van der Waals surface area contributed by atoms with Crippen molar-refractivity contribution in [3.8, 4) is 0 Å². The summed E-state index contributed by atoms with van der Waals surface area (Å²) < 4.78 is 2.37. The first-order valence-electron chi connectivity index (χ1n) is 12.1. The predicted octanol–water partition coefficient (Wildman–Crippen LogP) is 3.00. The van der Waals surface area contributed by atoms with Gasteiger partial charge in [-0.3, -0.25) is 19.0 Å². The molecule has 5 heterocycles. The molecule has 13 heteroatoms. The number of rotatable bonds is 6. The van der Waals surface area contributed by atoms with Crippen LogP contribution in [0.15, 0.2) is 29.3 Å². The summed E-state index contributed by atoms with van der Waals surface area (Å²) in [5.41, 5.74) is 5.31. The summed E-state index contributed by atoms with van der Waals surface area (Å²) in [6.07, 6.45) is 8.45. The fourth-order valence-electron chi connectivity index (χ4n) is 4.96. The van der Waals surface area contributed by atoms with Gasteiger partial charge in [0.1, 0.15) is 28.4 Å². The number of nitrogens with two attached hydrogens (primary N) is 1. The Kier molecular flexibility index (Phi) is 6.16. The molecule has 0 saturated heterocycles. The molecule has 2 aliphatic rings. The van der Waals surface area contributed by atoms with E-state index in [9.17, 15) is 14.4 Å². The summed E-state index contributed by atoms with van der Waals surface area (Å²) in [4.78, 5) is 48.5. The van der Waals surface area contributed by atoms with Crippen LogP contribution in [0.5, 0.6) is 0 Å². The highest BCUT2D eigenvalue weighted by molar-refractivity contribution is 7.19. The van der Waals surface area contributed by atoms with Crippen molar-refractivity contribution in [3.63, 3.8) is 0 Å². The van der Waals surface area contributed by atoms with Gasteiger partial charge in [-0.2, -0.15) is 0 Å². The monoisotopic (exact) mass is 536 g/mol. The number of hydrogen-bond donors (Lipinski definition) is 3. The molecular weight excluding hydrogens is 512 g/mol. The maximum atomic E-state index is 13.3. The fourth-order valence-corrected chi connectivity index (χ4v) is 6.89.